The van der Waals surface area contributed by atoms with Crippen molar-refractivity contribution >= 4 is 23.2 Å². The molecular formula is C25H32N2O5. The molecule has 0 spiro atoms. The Labute approximate surface area is 189 Å². The molecule has 0 aromatic heterocycles. The molecule has 0 saturated carbocycles. The average Bonchev–Trinajstić information content (AvgIpc) is 2.86. The Hall–Kier alpha value is -3.22. The number of nitrogens with one attached hydrogen (secondary N) is 1. The van der Waals surface area contributed by atoms with E-state index in [0.29, 0.717) is 41.0 Å². The Morgan fingerprint density at radius 2 is 1.94 bits per heavy atom. The molecule has 7 heteroatoms. The van der Waals surface area contributed by atoms with Crippen LogP contribution in [0.15, 0.2) is 36.4 Å². The van der Waals surface area contributed by atoms with Gasteiger partial charge in [-0.05, 0) is 50.5 Å². The van der Waals surface area contributed by atoms with Crippen molar-refractivity contribution in [3.63, 3.8) is 0 Å². The van der Waals surface area contributed by atoms with Gasteiger partial charge in [-0.15, -0.1) is 0 Å². The van der Waals surface area contributed by atoms with E-state index in [4.69, 9.17) is 14.2 Å². The van der Waals surface area contributed by atoms with Gasteiger partial charge in [0.2, 0.25) is 5.91 Å². The van der Waals surface area contributed by atoms with Crippen LogP contribution >= 0.6 is 0 Å². The fraction of sp³-hybridized carbons (Fsp3) is 0.440. The predicted octanol–water partition coefficient (Wildman–Crippen LogP) is 4.75. The molecular weight excluding hydrogens is 408 g/mol. The molecule has 2 aromatic carbocycles. The zero-order valence-corrected chi connectivity index (χ0v) is 19.7. The molecule has 0 saturated heterocycles. The number of fused-ring (bicyclic) bond motifs is 1. The van der Waals surface area contributed by atoms with Crippen LogP contribution in [0, 0.1) is 11.3 Å². The number of para-hydroxylation sites is 1. The maximum Gasteiger partial charge on any atom is 0.259 e. The van der Waals surface area contributed by atoms with Gasteiger partial charge in [-0.1, -0.05) is 19.9 Å². The standard InChI is InChI=1S/C25H32N2O5/c1-16(2)12-13-27-19-11-10-17(14-21(19)32-15-25(3,4)24(27)29)26-23(28)18-8-7-9-20(30-5)22(18)31-6/h7-11,14,16H,12-13,15H2,1-6H3,(H,26,28). The van der Waals surface area contributed by atoms with Gasteiger partial charge in [-0.3, -0.25) is 9.59 Å². The number of carbonyl (C=O) groups excluding carboxylic acids is 2. The highest BCUT2D eigenvalue weighted by atomic mass is 16.5. The largest absolute Gasteiger partial charge is 0.493 e. The highest BCUT2D eigenvalue weighted by Gasteiger charge is 2.37. The Bertz CT molecular complexity index is 1000. The van der Waals surface area contributed by atoms with Crippen LogP contribution < -0.4 is 24.4 Å². The molecule has 3 rings (SSSR count). The van der Waals surface area contributed by atoms with Crippen molar-refractivity contribution in [3.05, 3.63) is 42.0 Å². The molecule has 32 heavy (non-hydrogen) atoms. The first-order chi connectivity index (χ1) is 15.2. The van der Waals surface area contributed by atoms with E-state index in [-0.39, 0.29) is 18.4 Å². The number of carbonyl (C=O) groups is 2. The molecule has 1 heterocycles. The minimum atomic E-state index is -0.645. The van der Waals surface area contributed by atoms with Crippen molar-refractivity contribution < 1.29 is 23.8 Å². The lowest BCUT2D eigenvalue weighted by molar-refractivity contribution is -0.127. The van der Waals surface area contributed by atoms with Gasteiger partial charge in [0, 0.05) is 18.3 Å². The molecule has 0 atom stereocenters. The summed E-state index contributed by atoms with van der Waals surface area (Å²) in [6.45, 7) is 8.93. The highest BCUT2D eigenvalue weighted by Crippen LogP contribution is 2.39. The van der Waals surface area contributed by atoms with Crippen LogP contribution in [-0.2, 0) is 4.79 Å². The van der Waals surface area contributed by atoms with E-state index in [1.54, 1.807) is 35.2 Å². The van der Waals surface area contributed by atoms with Crippen LogP contribution in [0.4, 0.5) is 11.4 Å². The minimum absolute atomic E-state index is 0.0369. The third-order valence-corrected chi connectivity index (χ3v) is 5.50. The molecule has 0 fully saturated rings. The predicted molar refractivity (Wildman–Crippen MR) is 125 cm³/mol. The second kappa shape index (κ2) is 9.51. The number of rotatable bonds is 7. The van der Waals surface area contributed by atoms with Gasteiger partial charge >= 0.3 is 0 Å². The zero-order valence-electron chi connectivity index (χ0n) is 19.7. The summed E-state index contributed by atoms with van der Waals surface area (Å²) in [4.78, 5) is 27.9. The number of benzene rings is 2. The molecule has 0 bridgehead atoms. The van der Waals surface area contributed by atoms with Crippen LogP contribution in [0.5, 0.6) is 17.2 Å². The van der Waals surface area contributed by atoms with Crippen LogP contribution in [0.1, 0.15) is 44.5 Å². The SMILES string of the molecule is COc1cccc(C(=O)Nc2ccc3c(c2)OCC(C)(C)C(=O)N3CCC(C)C)c1OC. The molecule has 0 unspecified atom stereocenters. The van der Waals surface area contributed by atoms with Gasteiger partial charge in [0.05, 0.1) is 30.9 Å². The molecule has 1 aliphatic heterocycles. The Kier molecular flexibility index (Phi) is 6.96. The van der Waals surface area contributed by atoms with Gasteiger partial charge in [0.15, 0.2) is 11.5 Å². The molecule has 1 N–H and O–H groups in total. The maximum absolute atomic E-state index is 13.2. The normalized spacial score (nSPS) is 15.0. The second-order valence-electron chi connectivity index (χ2n) is 8.99. The van der Waals surface area contributed by atoms with Crippen molar-refractivity contribution in [3.8, 4) is 17.2 Å². The van der Waals surface area contributed by atoms with Gasteiger partial charge in [0.1, 0.15) is 12.4 Å². The highest BCUT2D eigenvalue weighted by molar-refractivity contribution is 6.07. The fourth-order valence-electron chi connectivity index (χ4n) is 3.60. The van der Waals surface area contributed by atoms with E-state index >= 15 is 0 Å². The molecule has 0 aliphatic carbocycles. The first-order valence-electron chi connectivity index (χ1n) is 10.8. The molecule has 2 amide bonds. The zero-order chi connectivity index (χ0) is 23.5. The van der Waals surface area contributed by atoms with Crippen molar-refractivity contribution in [1.29, 1.82) is 0 Å². The Morgan fingerprint density at radius 3 is 2.59 bits per heavy atom. The summed E-state index contributed by atoms with van der Waals surface area (Å²) in [7, 11) is 3.02. The van der Waals surface area contributed by atoms with E-state index in [1.165, 1.54) is 14.2 Å². The van der Waals surface area contributed by atoms with E-state index in [9.17, 15) is 9.59 Å². The van der Waals surface area contributed by atoms with Crippen LogP contribution in [0.2, 0.25) is 0 Å². The Balaban J connectivity index is 1.91. The molecule has 2 aromatic rings. The summed E-state index contributed by atoms with van der Waals surface area (Å²) in [6, 6.07) is 10.5. The summed E-state index contributed by atoms with van der Waals surface area (Å²) in [5, 5.41) is 2.89. The van der Waals surface area contributed by atoms with Crippen LogP contribution in [-0.4, -0.2) is 39.2 Å². The van der Waals surface area contributed by atoms with Gasteiger partial charge < -0.3 is 24.4 Å². The summed E-state index contributed by atoms with van der Waals surface area (Å²) >= 11 is 0. The average molecular weight is 441 g/mol. The summed E-state index contributed by atoms with van der Waals surface area (Å²) < 4.78 is 16.7. The number of methoxy groups -OCH3 is 2. The number of amides is 2. The number of anilines is 2. The second-order valence-corrected chi connectivity index (χ2v) is 8.99. The van der Waals surface area contributed by atoms with Crippen molar-refractivity contribution in [2.45, 2.75) is 34.1 Å². The lowest BCUT2D eigenvalue weighted by atomic mass is 9.92. The van der Waals surface area contributed by atoms with Gasteiger partial charge in [0.25, 0.3) is 5.91 Å². The van der Waals surface area contributed by atoms with Crippen molar-refractivity contribution in [1.82, 2.24) is 0 Å². The van der Waals surface area contributed by atoms with E-state index in [1.807, 2.05) is 19.9 Å². The quantitative estimate of drug-likeness (QED) is 0.672. The van der Waals surface area contributed by atoms with Crippen molar-refractivity contribution in [2.75, 3.05) is 37.6 Å². The van der Waals surface area contributed by atoms with E-state index < -0.39 is 5.41 Å². The van der Waals surface area contributed by atoms with Crippen LogP contribution in [0.25, 0.3) is 0 Å². The number of hydrogen-bond acceptors (Lipinski definition) is 5. The summed E-state index contributed by atoms with van der Waals surface area (Å²) in [5.41, 5.74) is 0.998. The Morgan fingerprint density at radius 1 is 1.19 bits per heavy atom. The van der Waals surface area contributed by atoms with Crippen molar-refractivity contribution in [2.24, 2.45) is 11.3 Å². The fourth-order valence-corrected chi connectivity index (χ4v) is 3.60. The first-order valence-corrected chi connectivity index (χ1v) is 10.8. The lowest BCUT2D eigenvalue weighted by Crippen LogP contribution is -2.42. The number of hydrogen-bond donors (Lipinski definition) is 1. The number of ether oxygens (including phenoxy) is 3. The molecule has 1 aliphatic rings. The van der Waals surface area contributed by atoms with E-state index in [0.717, 1.165) is 12.1 Å². The van der Waals surface area contributed by atoms with Crippen LogP contribution in [0.3, 0.4) is 0 Å². The van der Waals surface area contributed by atoms with Gasteiger partial charge in [-0.2, -0.15) is 0 Å². The lowest BCUT2D eigenvalue weighted by Gasteiger charge is -2.28. The monoisotopic (exact) mass is 440 g/mol. The topological polar surface area (TPSA) is 77.1 Å². The third-order valence-electron chi connectivity index (χ3n) is 5.50. The smallest absolute Gasteiger partial charge is 0.259 e. The maximum atomic E-state index is 13.2. The summed E-state index contributed by atoms with van der Waals surface area (Å²) in [5.74, 6) is 1.59. The molecule has 172 valence electrons. The first kappa shape index (κ1) is 23.4. The molecule has 7 nitrogen and oxygen atoms in total. The summed E-state index contributed by atoms with van der Waals surface area (Å²) in [6.07, 6.45) is 0.884. The van der Waals surface area contributed by atoms with Gasteiger partial charge in [-0.25, -0.2) is 0 Å². The molecule has 0 radical (unpaired) electrons. The third kappa shape index (κ3) is 4.82. The number of nitrogens with zero attached hydrogens (tertiary/aromatic N) is 1. The van der Waals surface area contributed by atoms with E-state index in [2.05, 4.69) is 19.2 Å². The minimum Gasteiger partial charge on any atom is -0.493 e.